The molecule has 1 N–H and O–H groups in total. The van der Waals surface area contributed by atoms with Crippen molar-refractivity contribution in [1.82, 2.24) is 4.90 Å². The monoisotopic (exact) mass is 308 g/mol. The quantitative estimate of drug-likeness (QED) is 0.844. The minimum absolute atomic E-state index is 0.0293. The maximum absolute atomic E-state index is 12.2. The number of rotatable bonds is 4. The van der Waals surface area contributed by atoms with E-state index in [1.54, 1.807) is 6.07 Å². The molecule has 1 amide bonds. The number of halogens is 1. The molecule has 0 bridgehead atoms. The van der Waals surface area contributed by atoms with Crippen LogP contribution in [0.4, 0.5) is 5.69 Å². The summed E-state index contributed by atoms with van der Waals surface area (Å²) in [6.45, 7) is 2.39. The Labute approximate surface area is 132 Å². The normalized spacial score (nSPS) is 16.8. The van der Waals surface area contributed by atoms with E-state index >= 15 is 0 Å². The molecular formula is C17H25ClN2O. The first-order valence-electron chi connectivity index (χ1n) is 7.82. The zero-order valence-electron chi connectivity index (χ0n) is 13.0. The van der Waals surface area contributed by atoms with Gasteiger partial charge in [0.15, 0.2) is 0 Å². The fourth-order valence-electron chi connectivity index (χ4n) is 2.93. The third kappa shape index (κ3) is 5.01. The van der Waals surface area contributed by atoms with Crippen LogP contribution in [0.1, 0.15) is 44.1 Å². The van der Waals surface area contributed by atoms with Gasteiger partial charge in [0.25, 0.3) is 0 Å². The van der Waals surface area contributed by atoms with E-state index < -0.39 is 0 Å². The molecule has 4 heteroatoms. The lowest BCUT2D eigenvalue weighted by Crippen LogP contribution is -2.37. The molecule has 1 aliphatic carbocycles. The second-order valence-electron chi connectivity index (χ2n) is 6.07. The summed E-state index contributed by atoms with van der Waals surface area (Å²) in [5.74, 6) is 0.0293. The van der Waals surface area contributed by atoms with Crippen LogP contribution in [0.25, 0.3) is 0 Å². The molecule has 116 valence electrons. The average molecular weight is 309 g/mol. The van der Waals surface area contributed by atoms with E-state index in [9.17, 15) is 4.79 Å². The van der Waals surface area contributed by atoms with E-state index in [-0.39, 0.29) is 5.91 Å². The number of benzene rings is 1. The summed E-state index contributed by atoms with van der Waals surface area (Å²) in [6.07, 6.45) is 7.64. The van der Waals surface area contributed by atoms with Gasteiger partial charge in [0, 0.05) is 16.8 Å². The van der Waals surface area contributed by atoms with Gasteiger partial charge in [0.05, 0.1) is 6.54 Å². The minimum atomic E-state index is 0.0293. The second kappa shape index (κ2) is 7.81. The molecule has 3 nitrogen and oxygen atoms in total. The number of nitrogens with zero attached hydrogens (tertiary/aromatic N) is 1. The van der Waals surface area contributed by atoms with Crippen molar-refractivity contribution in [1.29, 1.82) is 0 Å². The summed E-state index contributed by atoms with van der Waals surface area (Å²) in [5, 5.41) is 3.62. The van der Waals surface area contributed by atoms with E-state index in [4.69, 9.17) is 11.6 Å². The van der Waals surface area contributed by atoms with Gasteiger partial charge in [-0.1, -0.05) is 43.4 Å². The number of anilines is 1. The first kappa shape index (κ1) is 16.3. The van der Waals surface area contributed by atoms with Gasteiger partial charge >= 0.3 is 0 Å². The highest BCUT2D eigenvalue weighted by atomic mass is 35.5. The highest BCUT2D eigenvalue weighted by molar-refractivity contribution is 6.31. The average Bonchev–Trinajstić information content (AvgIpc) is 2.72. The smallest absolute Gasteiger partial charge is 0.238 e. The second-order valence-corrected chi connectivity index (χ2v) is 6.48. The molecule has 21 heavy (non-hydrogen) atoms. The first-order valence-corrected chi connectivity index (χ1v) is 8.20. The van der Waals surface area contributed by atoms with Gasteiger partial charge in [-0.15, -0.1) is 0 Å². The van der Waals surface area contributed by atoms with E-state index in [0.29, 0.717) is 17.6 Å². The third-order valence-electron chi connectivity index (χ3n) is 4.30. The van der Waals surface area contributed by atoms with Crippen molar-refractivity contribution in [2.75, 3.05) is 18.9 Å². The third-order valence-corrected chi connectivity index (χ3v) is 4.70. The Morgan fingerprint density at radius 3 is 2.57 bits per heavy atom. The highest BCUT2D eigenvalue weighted by Crippen LogP contribution is 2.22. The molecular weight excluding hydrogens is 284 g/mol. The van der Waals surface area contributed by atoms with E-state index in [1.165, 1.54) is 38.5 Å². The molecule has 0 heterocycles. The SMILES string of the molecule is Cc1ccc(NC(=O)CN(C)C2CCCCCC2)cc1Cl. The lowest BCUT2D eigenvalue weighted by atomic mass is 10.1. The Balaban J connectivity index is 1.86. The van der Waals surface area contributed by atoms with Gasteiger partial charge in [-0.2, -0.15) is 0 Å². The standard InChI is InChI=1S/C17H25ClN2O/c1-13-9-10-14(11-16(13)18)19-17(21)12-20(2)15-7-5-3-4-6-8-15/h9-11,15H,3-8,12H2,1-2H3,(H,19,21). The molecule has 0 spiro atoms. The Morgan fingerprint density at radius 2 is 1.95 bits per heavy atom. The van der Waals surface area contributed by atoms with Crippen molar-refractivity contribution < 1.29 is 4.79 Å². The van der Waals surface area contributed by atoms with Crippen LogP contribution >= 0.6 is 11.6 Å². The number of hydrogen-bond acceptors (Lipinski definition) is 2. The molecule has 0 atom stereocenters. The minimum Gasteiger partial charge on any atom is -0.325 e. The summed E-state index contributed by atoms with van der Waals surface area (Å²) in [6, 6.07) is 6.16. The maximum Gasteiger partial charge on any atom is 0.238 e. The van der Waals surface area contributed by atoms with Gasteiger partial charge in [0.2, 0.25) is 5.91 Å². The molecule has 0 unspecified atom stereocenters. The van der Waals surface area contributed by atoms with Crippen molar-refractivity contribution in [3.63, 3.8) is 0 Å². The van der Waals surface area contributed by atoms with E-state index in [1.807, 2.05) is 19.1 Å². The lowest BCUT2D eigenvalue weighted by Gasteiger charge is -2.26. The van der Waals surface area contributed by atoms with Crippen molar-refractivity contribution in [2.45, 2.75) is 51.5 Å². The predicted molar refractivity (Wildman–Crippen MR) is 88.9 cm³/mol. The van der Waals surface area contributed by atoms with Gasteiger partial charge in [-0.25, -0.2) is 0 Å². The van der Waals surface area contributed by atoms with Crippen LogP contribution in [-0.2, 0) is 4.79 Å². The number of aryl methyl sites for hydroxylation is 1. The molecule has 0 saturated heterocycles. The highest BCUT2D eigenvalue weighted by Gasteiger charge is 2.19. The Morgan fingerprint density at radius 1 is 1.29 bits per heavy atom. The molecule has 1 aliphatic rings. The molecule has 1 saturated carbocycles. The van der Waals surface area contributed by atoms with E-state index in [0.717, 1.165) is 11.3 Å². The predicted octanol–water partition coefficient (Wildman–Crippen LogP) is 4.24. The van der Waals surface area contributed by atoms with Crippen molar-refractivity contribution >= 4 is 23.2 Å². The number of nitrogens with one attached hydrogen (secondary N) is 1. The van der Waals surface area contributed by atoms with Crippen LogP contribution in [0.5, 0.6) is 0 Å². The summed E-state index contributed by atoms with van der Waals surface area (Å²) >= 11 is 6.08. The van der Waals surface area contributed by atoms with Gasteiger partial charge < -0.3 is 5.32 Å². The summed E-state index contributed by atoms with van der Waals surface area (Å²) < 4.78 is 0. The zero-order valence-corrected chi connectivity index (χ0v) is 13.7. The lowest BCUT2D eigenvalue weighted by molar-refractivity contribution is -0.117. The Kier molecular flexibility index (Phi) is 6.07. The molecule has 0 radical (unpaired) electrons. The summed E-state index contributed by atoms with van der Waals surface area (Å²) in [4.78, 5) is 14.3. The van der Waals surface area contributed by atoms with Crippen LogP contribution in [-0.4, -0.2) is 30.4 Å². The number of likely N-dealkylation sites (N-methyl/N-ethyl adjacent to an activating group) is 1. The molecule has 0 aliphatic heterocycles. The largest absolute Gasteiger partial charge is 0.325 e. The fraction of sp³-hybridized carbons (Fsp3) is 0.588. The summed E-state index contributed by atoms with van der Waals surface area (Å²) in [7, 11) is 2.05. The van der Waals surface area contributed by atoms with Crippen LogP contribution in [0.2, 0.25) is 5.02 Å². The van der Waals surface area contributed by atoms with Crippen LogP contribution in [0.15, 0.2) is 18.2 Å². The molecule has 1 fully saturated rings. The van der Waals surface area contributed by atoms with Gasteiger partial charge in [-0.05, 0) is 44.5 Å². The first-order chi connectivity index (χ1) is 10.1. The van der Waals surface area contributed by atoms with Crippen molar-refractivity contribution in [2.24, 2.45) is 0 Å². The van der Waals surface area contributed by atoms with Gasteiger partial charge in [0.1, 0.15) is 0 Å². The van der Waals surface area contributed by atoms with Crippen molar-refractivity contribution in [3.05, 3.63) is 28.8 Å². The van der Waals surface area contributed by atoms with Crippen LogP contribution in [0, 0.1) is 6.92 Å². The molecule has 1 aromatic carbocycles. The Bertz CT molecular complexity index is 482. The fourth-order valence-corrected chi connectivity index (χ4v) is 3.11. The van der Waals surface area contributed by atoms with E-state index in [2.05, 4.69) is 17.3 Å². The number of hydrogen-bond donors (Lipinski definition) is 1. The molecule has 1 aromatic rings. The van der Waals surface area contributed by atoms with Crippen LogP contribution < -0.4 is 5.32 Å². The maximum atomic E-state index is 12.2. The number of carbonyl (C=O) groups excluding carboxylic acids is 1. The zero-order chi connectivity index (χ0) is 15.2. The molecule has 2 rings (SSSR count). The number of carbonyl (C=O) groups is 1. The van der Waals surface area contributed by atoms with Gasteiger partial charge in [-0.3, -0.25) is 9.69 Å². The van der Waals surface area contributed by atoms with Crippen LogP contribution in [0.3, 0.4) is 0 Å². The summed E-state index contributed by atoms with van der Waals surface area (Å²) in [5.41, 5.74) is 1.79. The number of amides is 1. The topological polar surface area (TPSA) is 32.3 Å². The van der Waals surface area contributed by atoms with Crippen molar-refractivity contribution in [3.8, 4) is 0 Å². The Hall–Kier alpha value is -1.06. The molecule has 0 aromatic heterocycles.